The maximum atomic E-state index is 2.44. The molecule has 0 spiro atoms. The molecule has 0 amide bonds. The van der Waals surface area contributed by atoms with Crippen LogP contribution in [0.4, 0.5) is 0 Å². The zero-order valence-electron chi connectivity index (χ0n) is 76.5. The third-order valence-corrected chi connectivity index (χ3v) is 28.8. The molecule has 0 saturated carbocycles. The number of hydrogen-bond acceptors (Lipinski definition) is 0. The summed E-state index contributed by atoms with van der Waals surface area (Å²) in [7, 11) is 0. The molecule has 0 atom stereocenters. The third kappa shape index (κ3) is 13.5. The highest BCUT2D eigenvalue weighted by Crippen LogP contribution is 2.48. The van der Waals surface area contributed by atoms with Crippen molar-refractivity contribution in [3.8, 4) is 101 Å². The topological polar surface area (TPSA) is 29.6 Å². The first-order chi connectivity index (χ1) is 69.5. The molecule has 29 aromatic rings. The van der Waals surface area contributed by atoms with Crippen LogP contribution in [0, 0.1) is 0 Å². The maximum Gasteiger partial charge on any atom is 0.0547 e. The molecular formula is C134H88N6. The van der Waals surface area contributed by atoms with E-state index in [2.05, 4.69) is 561 Å². The predicted octanol–water partition coefficient (Wildman–Crippen LogP) is 36.0. The van der Waals surface area contributed by atoms with Crippen molar-refractivity contribution in [2.45, 2.75) is 0 Å². The minimum atomic E-state index is 1.16. The normalized spacial score (nSPS) is 11.7. The van der Waals surface area contributed by atoms with Gasteiger partial charge in [0.25, 0.3) is 0 Å². The second kappa shape index (κ2) is 33.8. The summed E-state index contributed by atoms with van der Waals surface area (Å²) >= 11 is 0. The number of aromatic nitrogens is 6. The Hall–Kier alpha value is -18.6. The average Bonchev–Trinajstić information content (AvgIpc) is 1.60. The molecule has 6 nitrogen and oxygen atoms in total. The van der Waals surface area contributed by atoms with Gasteiger partial charge < -0.3 is 27.4 Å². The second-order valence-corrected chi connectivity index (χ2v) is 36.5. The molecule has 0 aliphatic rings. The van der Waals surface area contributed by atoms with Crippen molar-refractivity contribution in [3.05, 3.63) is 534 Å². The van der Waals surface area contributed by atoms with Crippen molar-refractivity contribution >= 4 is 152 Å². The summed E-state index contributed by atoms with van der Waals surface area (Å²) in [6.45, 7) is 0. The molecule has 6 aromatic heterocycles. The Bertz CT molecular complexity index is 9890. The third-order valence-electron chi connectivity index (χ3n) is 28.8. The van der Waals surface area contributed by atoms with Crippen LogP contribution in [-0.2, 0) is 0 Å². The van der Waals surface area contributed by atoms with Gasteiger partial charge >= 0.3 is 0 Å². The molecule has 0 N–H and O–H groups in total. The van der Waals surface area contributed by atoms with E-state index >= 15 is 0 Å². The molecule has 0 aliphatic heterocycles. The quantitative estimate of drug-likeness (QED) is 0.117. The van der Waals surface area contributed by atoms with Crippen molar-refractivity contribution in [2.24, 2.45) is 0 Å². The van der Waals surface area contributed by atoms with Crippen molar-refractivity contribution in [3.63, 3.8) is 0 Å². The number of benzene rings is 23. The van der Waals surface area contributed by atoms with Crippen LogP contribution in [0.25, 0.3) is 253 Å². The van der Waals surface area contributed by atoms with Gasteiger partial charge in [0.2, 0.25) is 0 Å². The van der Waals surface area contributed by atoms with Crippen LogP contribution >= 0.6 is 0 Å². The fourth-order valence-electron chi connectivity index (χ4n) is 22.4. The van der Waals surface area contributed by atoms with Gasteiger partial charge in [-0.05, 0) is 241 Å². The summed E-state index contributed by atoms with van der Waals surface area (Å²) in [5.41, 5.74) is 36.3. The van der Waals surface area contributed by atoms with E-state index in [1.807, 2.05) is 0 Å². The number of nitrogens with zero attached hydrogens (tertiary/aromatic N) is 6. The Morgan fingerprint density at radius 3 is 0.743 bits per heavy atom. The lowest BCUT2D eigenvalue weighted by Gasteiger charge is -2.12. The Labute approximate surface area is 808 Å². The lowest BCUT2D eigenvalue weighted by molar-refractivity contribution is 1.18. The zero-order chi connectivity index (χ0) is 92.2. The van der Waals surface area contributed by atoms with Gasteiger partial charge in [-0.2, -0.15) is 0 Å². The minimum Gasteiger partial charge on any atom is -0.309 e. The standard InChI is InChI=1S/2C46H30N2.C42H28N2/c1-2-12-31(13-3-1)32-24-27-35(28-25-32)47-42-20-8-6-17-38(42)40-30-34(26-29-44(40)47)37-19-11-23-45-46(37)39-18-7-9-21-43(39)48(45)41-22-10-15-33-14-4-5-16-36(33)41;1-2-11-31(12-3-1)33-21-25-36(26-22-33)47-42-18-8-6-15-39(42)41-30-35(24-28-44(41)47)38-17-10-20-45-46(38)40-16-7-9-19-43(40)48(45)37-27-23-32-13-4-5-14-34(32)29-37;1-3-12-29(13-4-1)30-22-25-33(26-23-30)43-38-19-9-7-16-35(38)37-28-31(24-27-40(37)43)34-18-11-21-41-42(34)36-17-8-10-20-39(36)44(41)32-14-5-2-6-15-32/h2*1-30H;1-28H. The van der Waals surface area contributed by atoms with E-state index in [-0.39, 0.29) is 0 Å². The molecule has 6 heterocycles. The number of rotatable bonds is 12. The van der Waals surface area contributed by atoms with E-state index in [1.54, 1.807) is 0 Å². The van der Waals surface area contributed by atoms with Gasteiger partial charge in [-0.15, -0.1) is 0 Å². The van der Waals surface area contributed by atoms with Gasteiger partial charge in [-0.25, -0.2) is 0 Å². The highest BCUT2D eigenvalue weighted by Gasteiger charge is 2.25. The maximum absolute atomic E-state index is 2.44. The van der Waals surface area contributed by atoms with Crippen LogP contribution < -0.4 is 0 Å². The highest BCUT2D eigenvalue weighted by molar-refractivity contribution is 6.22. The second-order valence-electron chi connectivity index (χ2n) is 36.5. The van der Waals surface area contributed by atoms with Gasteiger partial charge in [0.1, 0.15) is 0 Å². The largest absolute Gasteiger partial charge is 0.309 e. The summed E-state index contributed by atoms with van der Waals surface area (Å²) in [6.07, 6.45) is 0. The molecule has 0 fully saturated rings. The van der Waals surface area contributed by atoms with Crippen LogP contribution in [0.15, 0.2) is 534 Å². The summed E-state index contributed by atoms with van der Waals surface area (Å²) in [4.78, 5) is 0. The summed E-state index contributed by atoms with van der Waals surface area (Å²) in [5, 5.41) is 20.2. The molecule has 0 radical (unpaired) electrons. The first-order valence-corrected chi connectivity index (χ1v) is 48.2. The van der Waals surface area contributed by atoms with E-state index in [9.17, 15) is 0 Å². The lowest BCUT2D eigenvalue weighted by Crippen LogP contribution is -1.95. The Morgan fingerprint density at radius 2 is 0.350 bits per heavy atom. The molecule has 23 aromatic carbocycles. The number of fused-ring (bicyclic) bond motifs is 20. The van der Waals surface area contributed by atoms with Crippen LogP contribution in [0.5, 0.6) is 0 Å². The fraction of sp³-hybridized carbons (Fsp3) is 0. The average molecular weight is 1780 g/mol. The molecule has 6 heteroatoms. The Morgan fingerprint density at radius 1 is 0.107 bits per heavy atom. The predicted molar refractivity (Wildman–Crippen MR) is 593 cm³/mol. The van der Waals surface area contributed by atoms with Crippen molar-refractivity contribution in [1.82, 2.24) is 27.4 Å². The summed E-state index contributed by atoms with van der Waals surface area (Å²) < 4.78 is 14.4. The summed E-state index contributed by atoms with van der Waals surface area (Å²) in [6, 6.07) is 194. The molecule has 29 rings (SSSR count). The van der Waals surface area contributed by atoms with Crippen LogP contribution in [0.1, 0.15) is 0 Å². The van der Waals surface area contributed by atoms with E-state index in [1.165, 1.54) is 236 Å². The van der Waals surface area contributed by atoms with E-state index in [0.717, 1.165) is 17.1 Å². The van der Waals surface area contributed by atoms with Gasteiger partial charge in [0.05, 0.1) is 71.9 Å². The van der Waals surface area contributed by atoms with Gasteiger partial charge in [-0.3, -0.25) is 0 Å². The van der Waals surface area contributed by atoms with Crippen LogP contribution in [-0.4, -0.2) is 27.4 Å². The molecule has 0 bridgehead atoms. The Balaban J connectivity index is 0.000000106. The lowest BCUT2D eigenvalue weighted by atomic mass is 9.98. The van der Waals surface area contributed by atoms with Crippen molar-refractivity contribution in [1.29, 1.82) is 0 Å². The van der Waals surface area contributed by atoms with Crippen molar-refractivity contribution < 1.29 is 0 Å². The van der Waals surface area contributed by atoms with Gasteiger partial charge in [0.15, 0.2) is 0 Å². The molecule has 0 unspecified atom stereocenters. The van der Waals surface area contributed by atoms with Gasteiger partial charge in [-0.1, -0.05) is 376 Å². The first-order valence-electron chi connectivity index (χ1n) is 48.2. The number of hydrogen-bond donors (Lipinski definition) is 0. The van der Waals surface area contributed by atoms with Crippen LogP contribution in [0.2, 0.25) is 0 Å². The first kappa shape index (κ1) is 81.0. The van der Waals surface area contributed by atoms with Crippen LogP contribution in [0.3, 0.4) is 0 Å². The Kier molecular flexibility index (Phi) is 19.5. The molecular weight excluding hydrogens is 1690 g/mol. The highest BCUT2D eigenvalue weighted by atomic mass is 15.0. The monoisotopic (exact) mass is 1780 g/mol. The minimum absolute atomic E-state index is 1.16. The van der Waals surface area contributed by atoms with E-state index < -0.39 is 0 Å². The smallest absolute Gasteiger partial charge is 0.0547 e. The fourth-order valence-corrected chi connectivity index (χ4v) is 22.4. The molecule has 0 aliphatic carbocycles. The summed E-state index contributed by atoms with van der Waals surface area (Å²) in [5.74, 6) is 0. The van der Waals surface area contributed by atoms with E-state index in [0.29, 0.717) is 0 Å². The SMILES string of the molecule is c1ccc(-c2ccc(-n3c4ccccc4c4cc(-c5cccc6c5c5ccccc5n6-c5ccc6ccccc6c5)ccc43)cc2)cc1.c1ccc(-c2ccc(-n3c4ccccc4c4cc(-c5cccc6c5c5ccccc5n6-c5cccc6ccccc56)ccc43)cc2)cc1.c1ccc(-c2ccc(-n3c4ccccc4c4cc(-c5cccc6c5c5ccccc5n6-c5ccccc5)ccc43)cc2)cc1. The van der Waals surface area contributed by atoms with Crippen molar-refractivity contribution in [2.75, 3.05) is 0 Å². The zero-order valence-corrected chi connectivity index (χ0v) is 76.5. The molecule has 140 heavy (non-hydrogen) atoms. The molecule has 654 valence electrons. The van der Waals surface area contributed by atoms with Gasteiger partial charge in [0, 0.05) is 98.5 Å². The number of para-hydroxylation sites is 7. The molecule has 0 saturated heterocycles. The van der Waals surface area contributed by atoms with E-state index in [4.69, 9.17) is 0 Å².